The molecule has 0 aliphatic rings. The Labute approximate surface area is 101 Å². The summed E-state index contributed by atoms with van der Waals surface area (Å²) in [5, 5.41) is 0. The van der Waals surface area contributed by atoms with Crippen LogP contribution in [0.4, 0.5) is 25.1 Å². The molecule has 104 valence electrons. The Hall–Kier alpha value is -1.31. The van der Waals surface area contributed by atoms with Crippen molar-refractivity contribution in [2.24, 2.45) is 0 Å². The molecule has 0 spiro atoms. The van der Waals surface area contributed by atoms with Crippen LogP contribution in [0.15, 0.2) is 23.1 Å². The van der Waals surface area contributed by atoms with Gasteiger partial charge in [0.25, 0.3) is 0 Å². The molecule has 0 unspecified atom stereocenters. The molecule has 8 heteroatoms. The van der Waals surface area contributed by atoms with E-state index < -0.39 is 26.6 Å². The van der Waals surface area contributed by atoms with Crippen molar-refractivity contribution in [3.63, 3.8) is 0 Å². The van der Waals surface area contributed by atoms with Crippen molar-refractivity contribution in [1.29, 1.82) is 0 Å². The molecule has 1 rings (SSSR count). The maximum atomic E-state index is 12.8. The highest BCUT2D eigenvalue weighted by atomic mass is 32.5. The summed E-state index contributed by atoms with van der Waals surface area (Å²) in [7, 11) is -7.36. The van der Waals surface area contributed by atoms with Crippen molar-refractivity contribution in [2.45, 2.75) is 11.8 Å². The van der Waals surface area contributed by atoms with Crippen LogP contribution in [0.25, 0.3) is 0 Å². The van der Waals surface area contributed by atoms with Gasteiger partial charge in [-0.3, -0.25) is 4.79 Å². The third kappa shape index (κ3) is 3.12. The van der Waals surface area contributed by atoms with Crippen LogP contribution >= 0.6 is 10.2 Å². The lowest BCUT2D eigenvalue weighted by Crippen LogP contribution is -2.17. The minimum absolute atomic E-state index is 0.0516. The van der Waals surface area contributed by atoms with Gasteiger partial charge in [0.05, 0.1) is 5.69 Å². The average molecular weight is 289 g/mol. The lowest BCUT2D eigenvalue weighted by Gasteiger charge is -2.42. The maximum Gasteiger partial charge on any atom is 0.312 e. The third-order valence-electron chi connectivity index (χ3n) is 2.26. The number of Topliss-reactive ketones (excluding diaryl/α,β-unsaturated/α-hetero) is 1. The number of halogens is 5. The van der Waals surface area contributed by atoms with Crippen LogP contribution in [0.3, 0.4) is 0 Å². The Bertz CT molecular complexity index is 508. The van der Waals surface area contributed by atoms with Crippen LogP contribution in [0.2, 0.25) is 0 Å². The smallest absolute Gasteiger partial charge is 0.312 e. The van der Waals surface area contributed by atoms with Gasteiger partial charge in [0.15, 0.2) is 5.78 Å². The van der Waals surface area contributed by atoms with Gasteiger partial charge in [-0.2, -0.15) is 0 Å². The lowest BCUT2D eigenvalue weighted by atomic mass is 10.1. The van der Waals surface area contributed by atoms with E-state index in [0.717, 1.165) is 24.0 Å². The van der Waals surface area contributed by atoms with Gasteiger partial charge in [-0.1, -0.05) is 19.4 Å². The van der Waals surface area contributed by atoms with E-state index in [1.807, 2.05) is 0 Å². The number of carbonyl (C=O) groups is 1. The molecule has 0 heterocycles. The standard InChI is InChI=1S/C10H12F5NOS/c1-7(17)8-4-5-10(9(6-8)16(2)3)18(11,12,13,14)15/h4-6H,1-3H3. The van der Waals surface area contributed by atoms with Gasteiger partial charge in [-0.25, -0.2) is 0 Å². The number of ketones is 1. The number of nitrogens with zero attached hydrogens (tertiary/aromatic N) is 1. The molecular weight excluding hydrogens is 277 g/mol. The van der Waals surface area contributed by atoms with Crippen molar-refractivity contribution in [3.05, 3.63) is 23.8 Å². The minimum atomic E-state index is -9.76. The molecule has 1 aromatic carbocycles. The fourth-order valence-electron chi connectivity index (χ4n) is 1.41. The van der Waals surface area contributed by atoms with Gasteiger partial charge in [-0.15, -0.1) is 0 Å². The molecule has 0 saturated heterocycles. The normalized spacial score (nSPS) is 15.8. The average Bonchev–Trinajstić information content (AvgIpc) is 2.13. The lowest BCUT2D eigenvalue weighted by molar-refractivity contribution is 0.101. The van der Waals surface area contributed by atoms with E-state index in [1.165, 1.54) is 14.1 Å². The zero-order chi connectivity index (χ0) is 14.4. The molecule has 0 aliphatic heterocycles. The molecule has 2 nitrogen and oxygen atoms in total. The first-order chi connectivity index (χ1) is 7.72. The summed E-state index contributed by atoms with van der Waals surface area (Å²) in [6, 6.07) is 1.83. The van der Waals surface area contributed by atoms with E-state index in [0.29, 0.717) is 0 Å². The first-order valence-electron chi connectivity index (χ1n) is 4.79. The van der Waals surface area contributed by atoms with Crippen LogP contribution in [0.1, 0.15) is 17.3 Å². The number of anilines is 1. The zero-order valence-electron chi connectivity index (χ0n) is 9.89. The highest BCUT2D eigenvalue weighted by molar-refractivity contribution is 8.45. The van der Waals surface area contributed by atoms with Gasteiger partial charge in [0.1, 0.15) is 4.90 Å². The SMILES string of the molecule is CC(=O)c1ccc(S(F)(F)(F)(F)F)c(N(C)C)c1. The molecule has 0 saturated carbocycles. The minimum Gasteiger partial charge on any atom is -0.376 e. The van der Waals surface area contributed by atoms with E-state index >= 15 is 0 Å². The Kier molecular flexibility index (Phi) is 2.76. The molecule has 0 bridgehead atoms. The van der Waals surface area contributed by atoms with E-state index in [4.69, 9.17) is 0 Å². The predicted molar refractivity (Wildman–Crippen MR) is 62.2 cm³/mol. The summed E-state index contributed by atoms with van der Waals surface area (Å²) in [6.07, 6.45) is 0. The van der Waals surface area contributed by atoms with Crippen LogP contribution in [0, 0.1) is 0 Å². The van der Waals surface area contributed by atoms with E-state index in [9.17, 15) is 24.2 Å². The van der Waals surface area contributed by atoms with Crippen molar-refractivity contribution < 1.29 is 24.2 Å². The van der Waals surface area contributed by atoms with Crippen molar-refractivity contribution in [3.8, 4) is 0 Å². The Morgan fingerprint density at radius 2 is 1.61 bits per heavy atom. The van der Waals surface area contributed by atoms with Gasteiger partial charge < -0.3 is 4.90 Å². The molecule has 0 N–H and O–H groups in total. The molecule has 18 heavy (non-hydrogen) atoms. The molecule has 0 radical (unpaired) electrons. The highest BCUT2D eigenvalue weighted by Crippen LogP contribution is 3.02. The first kappa shape index (κ1) is 14.7. The quantitative estimate of drug-likeness (QED) is 0.598. The highest BCUT2D eigenvalue weighted by Gasteiger charge is 2.66. The summed E-state index contributed by atoms with van der Waals surface area (Å²) in [6.45, 7) is 1.15. The van der Waals surface area contributed by atoms with Crippen molar-refractivity contribution in [2.75, 3.05) is 19.0 Å². The number of carbonyl (C=O) groups excluding carboxylic acids is 1. The number of hydrogen-bond donors (Lipinski definition) is 0. The van der Waals surface area contributed by atoms with Crippen molar-refractivity contribution >= 4 is 21.7 Å². The zero-order valence-corrected chi connectivity index (χ0v) is 10.7. The van der Waals surface area contributed by atoms with Gasteiger partial charge in [-0.05, 0) is 25.1 Å². The van der Waals surface area contributed by atoms with Gasteiger partial charge in [0, 0.05) is 19.7 Å². The number of hydrogen-bond acceptors (Lipinski definition) is 2. The van der Waals surface area contributed by atoms with E-state index in [1.54, 1.807) is 0 Å². The third-order valence-corrected chi connectivity index (χ3v) is 3.44. The summed E-state index contributed by atoms with van der Waals surface area (Å²) in [4.78, 5) is 9.98. The Morgan fingerprint density at radius 3 is 1.94 bits per heavy atom. The fourth-order valence-corrected chi connectivity index (χ4v) is 2.37. The molecule has 0 aromatic heterocycles. The summed E-state index contributed by atoms with van der Waals surface area (Å²) in [5.41, 5.74) is -0.772. The molecule has 0 amide bonds. The first-order valence-corrected chi connectivity index (χ1v) is 6.74. The van der Waals surface area contributed by atoms with E-state index in [2.05, 4.69) is 0 Å². The molecule has 0 atom stereocenters. The van der Waals surface area contributed by atoms with E-state index in [-0.39, 0.29) is 11.6 Å². The number of benzene rings is 1. The van der Waals surface area contributed by atoms with Gasteiger partial charge in [0.2, 0.25) is 0 Å². The Balaban J connectivity index is 3.64. The van der Waals surface area contributed by atoms with Gasteiger partial charge >= 0.3 is 10.2 Å². The summed E-state index contributed by atoms with van der Waals surface area (Å²) >= 11 is 0. The second-order valence-corrected chi connectivity index (χ2v) is 6.48. The van der Waals surface area contributed by atoms with Crippen LogP contribution in [-0.4, -0.2) is 19.9 Å². The molecule has 1 aromatic rings. The van der Waals surface area contributed by atoms with Crippen LogP contribution < -0.4 is 4.90 Å². The fraction of sp³-hybridized carbons (Fsp3) is 0.300. The molecule has 0 fully saturated rings. The van der Waals surface area contributed by atoms with Crippen LogP contribution in [0.5, 0.6) is 0 Å². The topological polar surface area (TPSA) is 20.3 Å². The predicted octanol–water partition coefficient (Wildman–Crippen LogP) is 4.61. The molecule has 0 aliphatic carbocycles. The Morgan fingerprint density at radius 1 is 1.11 bits per heavy atom. The van der Waals surface area contributed by atoms with Crippen molar-refractivity contribution in [1.82, 2.24) is 0 Å². The largest absolute Gasteiger partial charge is 0.376 e. The number of rotatable bonds is 3. The monoisotopic (exact) mass is 289 g/mol. The second kappa shape index (κ2) is 3.37. The van der Waals surface area contributed by atoms with Crippen LogP contribution in [-0.2, 0) is 0 Å². The summed E-state index contributed by atoms with van der Waals surface area (Å²) in [5.74, 6) is -0.494. The maximum absolute atomic E-state index is 12.8. The second-order valence-electron chi connectivity index (χ2n) is 4.10. The molecular formula is C10H12F5NOS. The summed E-state index contributed by atoms with van der Waals surface area (Å²) < 4.78 is 63.9.